The Labute approximate surface area is 119 Å². The minimum Gasteiger partial charge on any atom is -0.285 e. The summed E-state index contributed by atoms with van der Waals surface area (Å²) in [5.74, 6) is -0.585. The average molecular weight is 294 g/mol. The third kappa shape index (κ3) is 2.58. The van der Waals surface area contributed by atoms with Gasteiger partial charge in [-0.1, -0.05) is 0 Å². The number of hydrogen-bond donors (Lipinski definition) is 0. The highest BCUT2D eigenvalue weighted by molar-refractivity contribution is 5.43. The van der Waals surface area contributed by atoms with Gasteiger partial charge in [0.2, 0.25) is 0 Å². The van der Waals surface area contributed by atoms with Crippen LogP contribution < -0.4 is 0 Å². The Morgan fingerprint density at radius 1 is 1.14 bits per heavy atom. The molecule has 0 bridgehead atoms. The second kappa shape index (κ2) is 5.02. The molecule has 1 fully saturated rings. The molecule has 21 heavy (non-hydrogen) atoms. The van der Waals surface area contributed by atoms with E-state index in [4.69, 9.17) is 5.26 Å². The minimum atomic E-state index is -4.11. The third-order valence-electron chi connectivity index (χ3n) is 4.11. The Bertz CT molecular complexity index is 690. The van der Waals surface area contributed by atoms with Gasteiger partial charge in [-0.3, -0.25) is 4.40 Å². The van der Waals surface area contributed by atoms with Crippen LogP contribution in [0, 0.1) is 17.2 Å². The number of pyridine rings is 1. The number of nitrogens with zero attached hydrogens (tertiary/aromatic N) is 4. The summed E-state index contributed by atoms with van der Waals surface area (Å²) < 4.78 is 39.8. The molecular formula is C14H13F3N4. The molecule has 0 N–H and O–H groups in total. The number of nitriles is 1. The summed E-state index contributed by atoms with van der Waals surface area (Å²) in [5.41, 5.74) is 1.09. The van der Waals surface area contributed by atoms with Gasteiger partial charge in [0.05, 0.1) is 11.5 Å². The van der Waals surface area contributed by atoms with Gasteiger partial charge in [-0.25, -0.2) is 0 Å². The first kappa shape index (κ1) is 13.9. The molecule has 2 aromatic heterocycles. The molecule has 2 aromatic rings. The molecule has 0 unspecified atom stereocenters. The van der Waals surface area contributed by atoms with Gasteiger partial charge < -0.3 is 0 Å². The SMILES string of the molecule is N#Cc1ccc2nnc(C3CCC(C(F)(F)F)CC3)n2c1. The van der Waals surface area contributed by atoms with Crippen LogP contribution in [0.2, 0.25) is 0 Å². The monoisotopic (exact) mass is 294 g/mol. The van der Waals surface area contributed by atoms with Gasteiger partial charge in [-0.15, -0.1) is 10.2 Å². The topological polar surface area (TPSA) is 54.0 Å². The molecule has 0 aromatic carbocycles. The zero-order valence-electron chi connectivity index (χ0n) is 11.1. The minimum absolute atomic E-state index is 0.0347. The summed E-state index contributed by atoms with van der Waals surface area (Å²) in [4.78, 5) is 0. The molecule has 1 saturated carbocycles. The molecule has 110 valence electrons. The van der Waals surface area contributed by atoms with Gasteiger partial charge in [0.25, 0.3) is 0 Å². The summed E-state index contributed by atoms with van der Waals surface area (Å²) in [6, 6.07) is 5.38. The maximum absolute atomic E-state index is 12.7. The van der Waals surface area contributed by atoms with Gasteiger partial charge in [-0.05, 0) is 37.8 Å². The molecule has 1 aliphatic rings. The van der Waals surface area contributed by atoms with Gasteiger partial charge in [-0.2, -0.15) is 18.4 Å². The van der Waals surface area contributed by atoms with Crippen LogP contribution in [0.3, 0.4) is 0 Å². The van der Waals surface area contributed by atoms with E-state index in [0.717, 1.165) is 0 Å². The van der Waals surface area contributed by atoms with E-state index in [0.29, 0.717) is 29.9 Å². The molecule has 4 nitrogen and oxygen atoms in total. The second-order valence-electron chi connectivity index (χ2n) is 5.41. The predicted octanol–water partition coefficient (Wildman–Crippen LogP) is 3.44. The Hall–Kier alpha value is -2.10. The highest BCUT2D eigenvalue weighted by atomic mass is 19.4. The summed E-state index contributed by atoms with van der Waals surface area (Å²) in [5, 5.41) is 17.1. The Kier molecular flexibility index (Phi) is 3.32. The molecule has 0 atom stereocenters. The molecule has 2 heterocycles. The van der Waals surface area contributed by atoms with Gasteiger partial charge in [0, 0.05) is 12.1 Å². The van der Waals surface area contributed by atoms with Crippen LogP contribution in [0.5, 0.6) is 0 Å². The van der Waals surface area contributed by atoms with Crippen molar-refractivity contribution >= 4 is 5.65 Å². The Morgan fingerprint density at radius 3 is 2.48 bits per heavy atom. The number of halogens is 3. The van der Waals surface area contributed by atoms with Crippen LogP contribution in [0.4, 0.5) is 13.2 Å². The fraction of sp³-hybridized carbons (Fsp3) is 0.500. The first-order valence-electron chi connectivity index (χ1n) is 6.80. The van der Waals surface area contributed by atoms with E-state index in [1.54, 1.807) is 22.7 Å². The lowest BCUT2D eigenvalue weighted by Gasteiger charge is -2.28. The van der Waals surface area contributed by atoms with Crippen molar-refractivity contribution in [3.05, 3.63) is 29.7 Å². The number of hydrogen-bond acceptors (Lipinski definition) is 3. The van der Waals surface area contributed by atoms with Crippen molar-refractivity contribution in [2.24, 2.45) is 5.92 Å². The highest BCUT2D eigenvalue weighted by Gasteiger charge is 2.42. The average Bonchev–Trinajstić information content (AvgIpc) is 2.89. The zero-order chi connectivity index (χ0) is 15.0. The van der Waals surface area contributed by atoms with E-state index in [1.807, 2.05) is 6.07 Å². The number of fused-ring (bicyclic) bond motifs is 1. The van der Waals surface area contributed by atoms with Gasteiger partial charge >= 0.3 is 6.18 Å². The lowest BCUT2D eigenvalue weighted by Crippen LogP contribution is -2.27. The molecule has 1 aliphatic carbocycles. The fourth-order valence-corrected chi connectivity index (χ4v) is 2.93. The van der Waals surface area contributed by atoms with Crippen molar-refractivity contribution in [1.29, 1.82) is 5.26 Å². The number of rotatable bonds is 1. The summed E-state index contributed by atoms with van der Waals surface area (Å²) >= 11 is 0. The van der Waals surface area contributed by atoms with E-state index >= 15 is 0 Å². The molecule has 0 spiro atoms. The maximum atomic E-state index is 12.7. The van der Waals surface area contributed by atoms with E-state index in [9.17, 15) is 13.2 Å². The molecular weight excluding hydrogens is 281 g/mol. The van der Waals surface area contributed by atoms with Crippen LogP contribution in [0.15, 0.2) is 18.3 Å². The standard InChI is InChI=1S/C14H13F3N4/c15-14(16,17)11-4-2-10(3-5-11)13-20-19-12-6-1-9(7-18)8-21(12)13/h1,6,8,10-11H,2-5H2. The molecule has 3 rings (SSSR count). The summed E-state index contributed by atoms with van der Waals surface area (Å²) in [6.45, 7) is 0. The fourth-order valence-electron chi connectivity index (χ4n) is 2.93. The van der Waals surface area contributed by atoms with Crippen molar-refractivity contribution in [3.63, 3.8) is 0 Å². The Balaban J connectivity index is 1.84. The maximum Gasteiger partial charge on any atom is 0.391 e. The van der Waals surface area contributed by atoms with Crippen molar-refractivity contribution < 1.29 is 13.2 Å². The summed E-state index contributed by atoms with van der Waals surface area (Å²) in [6.07, 6.45) is -1.32. The Morgan fingerprint density at radius 2 is 1.86 bits per heavy atom. The van der Waals surface area contributed by atoms with Crippen molar-refractivity contribution in [2.45, 2.75) is 37.8 Å². The van der Waals surface area contributed by atoms with Gasteiger partial charge in [0.15, 0.2) is 5.65 Å². The molecule has 0 amide bonds. The number of aromatic nitrogens is 3. The smallest absolute Gasteiger partial charge is 0.285 e. The lowest BCUT2D eigenvalue weighted by molar-refractivity contribution is -0.182. The first-order valence-corrected chi connectivity index (χ1v) is 6.80. The first-order chi connectivity index (χ1) is 9.99. The van der Waals surface area contributed by atoms with Crippen LogP contribution in [-0.4, -0.2) is 20.8 Å². The van der Waals surface area contributed by atoms with E-state index in [1.165, 1.54) is 0 Å². The van der Waals surface area contributed by atoms with Gasteiger partial charge in [0.1, 0.15) is 11.9 Å². The molecule has 7 heteroatoms. The van der Waals surface area contributed by atoms with Crippen LogP contribution in [0.25, 0.3) is 5.65 Å². The van der Waals surface area contributed by atoms with Crippen molar-refractivity contribution in [3.8, 4) is 6.07 Å². The van der Waals surface area contributed by atoms with Crippen LogP contribution >= 0.6 is 0 Å². The van der Waals surface area contributed by atoms with Crippen LogP contribution in [-0.2, 0) is 0 Å². The van der Waals surface area contributed by atoms with Crippen LogP contribution in [0.1, 0.15) is 43.0 Å². The second-order valence-corrected chi connectivity index (χ2v) is 5.41. The predicted molar refractivity (Wildman–Crippen MR) is 68.5 cm³/mol. The van der Waals surface area contributed by atoms with Crippen molar-refractivity contribution in [1.82, 2.24) is 14.6 Å². The van der Waals surface area contributed by atoms with E-state index in [2.05, 4.69) is 10.2 Å². The van der Waals surface area contributed by atoms with Crippen molar-refractivity contribution in [2.75, 3.05) is 0 Å². The normalized spacial score (nSPS) is 23.1. The third-order valence-corrected chi connectivity index (χ3v) is 4.11. The molecule has 0 aliphatic heterocycles. The molecule has 0 saturated heterocycles. The number of alkyl halides is 3. The van der Waals surface area contributed by atoms with E-state index < -0.39 is 12.1 Å². The lowest BCUT2D eigenvalue weighted by atomic mass is 9.81. The highest BCUT2D eigenvalue weighted by Crippen LogP contribution is 2.42. The summed E-state index contributed by atoms with van der Waals surface area (Å²) in [7, 11) is 0. The largest absolute Gasteiger partial charge is 0.391 e. The van der Waals surface area contributed by atoms with E-state index in [-0.39, 0.29) is 18.8 Å². The quantitative estimate of drug-likeness (QED) is 0.809. The zero-order valence-corrected chi connectivity index (χ0v) is 11.1. The molecule has 0 radical (unpaired) electrons.